The molecule has 0 spiro atoms. The summed E-state index contributed by atoms with van der Waals surface area (Å²) in [6.07, 6.45) is 1.55. The summed E-state index contributed by atoms with van der Waals surface area (Å²) in [5.41, 5.74) is 3.39. The second kappa shape index (κ2) is 9.59. The summed E-state index contributed by atoms with van der Waals surface area (Å²) in [7, 11) is 0. The number of hydrogen-bond acceptors (Lipinski definition) is 7. The number of carbonyl (C=O) groups excluding carboxylic acids is 2. The molecule has 2 aromatic carbocycles. The fraction of sp³-hybridized carbons (Fsp3) is 0.227. The molecule has 1 aliphatic heterocycles. The summed E-state index contributed by atoms with van der Waals surface area (Å²) in [6, 6.07) is 15.1. The van der Waals surface area contributed by atoms with Gasteiger partial charge in [0.05, 0.1) is 19.4 Å². The first-order valence-corrected chi connectivity index (χ1v) is 10.7. The SMILES string of the molecule is CC(=O)Nc1ccc(NC(=O)c2cnc(Nc3ccc(N4CCOCC4)cc3)s2)cc1. The summed E-state index contributed by atoms with van der Waals surface area (Å²) in [6.45, 7) is 4.75. The Morgan fingerprint density at radius 1 is 0.935 bits per heavy atom. The van der Waals surface area contributed by atoms with Gasteiger partial charge in [-0.1, -0.05) is 11.3 Å². The third kappa shape index (κ3) is 5.59. The molecule has 4 rings (SSSR count). The summed E-state index contributed by atoms with van der Waals surface area (Å²) in [4.78, 5) is 30.7. The zero-order valence-corrected chi connectivity index (χ0v) is 17.9. The number of amides is 2. The molecule has 3 aromatic rings. The predicted molar refractivity (Wildman–Crippen MR) is 124 cm³/mol. The third-order valence-corrected chi connectivity index (χ3v) is 5.60. The van der Waals surface area contributed by atoms with Gasteiger partial charge in [-0.05, 0) is 48.5 Å². The van der Waals surface area contributed by atoms with Crippen LogP contribution in [0.5, 0.6) is 0 Å². The van der Waals surface area contributed by atoms with Gasteiger partial charge in [-0.25, -0.2) is 4.98 Å². The van der Waals surface area contributed by atoms with Gasteiger partial charge in [0.2, 0.25) is 5.91 Å². The highest BCUT2D eigenvalue weighted by atomic mass is 32.1. The molecule has 0 atom stereocenters. The van der Waals surface area contributed by atoms with Crippen LogP contribution in [0.4, 0.5) is 27.9 Å². The Morgan fingerprint density at radius 3 is 2.19 bits per heavy atom. The van der Waals surface area contributed by atoms with E-state index in [-0.39, 0.29) is 11.8 Å². The van der Waals surface area contributed by atoms with Gasteiger partial charge in [0.25, 0.3) is 5.91 Å². The molecule has 1 fully saturated rings. The number of ether oxygens (including phenoxy) is 1. The number of hydrogen-bond donors (Lipinski definition) is 3. The maximum absolute atomic E-state index is 12.5. The van der Waals surface area contributed by atoms with Gasteiger partial charge < -0.3 is 25.6 Å². The monoisotopic (exact) mass is 437 g/mol. The van der Waals surface area contributed by atoms with E-state index in [1.165, 1.54) is 18.3 Å². The fourth-order valence-corrected chi connectivity index (χ4v) is 3.90. The van der Waals surface area contributed by atoms with E-state index in [9.17, 15) is 9.59 Å². The number of rotatable bonds is 6. The molecule has 1 saturated heterocycles. The van der Waals surface area contributed by atoms with Crippen LogP contribution in [-0.2, 0) is 9.53 Å². The average Bonchev–Trinajstić information content (AvgIpc) is 3.25. The van der Waals surface area contributed by atoms with Crippen molar-refractivity contribution in [3.63, 3.8) is 0 Å². The van der Waals surface area contributed by atoms with E-state index >= 15 is 0 Å². The fourth-order valence-electron chi connectivity index (χ4n) is 3.17. The van der Waals surface area contributed by atoms with Crippen molar-refractivity contribution >= 4 is 51.0 Å². The first kappa shape index (κ1) is 20.8. The van der Waals surface area contributed by atoms with E-state index in [0.29, 0.717) is 21.4 Å². The second-order valence-electron chi connectivity index (χ2n) is 7.01. The Kier molecular flexibility index (Phi) is 6.44. The Hall–Kier alpha value is -3.43. The minimum atomic E-state index is -0.236. The van der Waals surface area contributed by atoms with Crippen molar-refractivity contribution in [3.05, 3.63) is 59.6 Å². The van der Waals surface area contributed by atoms with Crippen molar-refractivity contribution in [2.24, 2.45) is 0 Å². The van der Waals surface area contributed by atoms with Crippen molar-refractivity contribution in [2.45, 2.75) is 6.92 Å². The lowest BCUT2D eigenvalue weighted by atomic mass is 10.2. The number of morpholine rings is 1. The van der Waals surface area contributed by atoms with E-state index < -0.39 is 0 Å². The molecule has 3 N–H and O–H groups in total. The molecule has 9 heteroatoms. The van der Waals surface area contributed by atoms with Crippen LogP contribution in [0.25, 0.3) is 0 Å². The smallest absolute Gasteiger partial charge is 0.267 e. The van der Waals surface area contributed by atoms with Gasteiger partial charge in [-0.2, -0.15) is 0 Å². The van der Waals surface area contributed by atoms with Crippen molar-refractivity contribution in [2.75, 3.05) is 47.2 Å². The quantitative estimate of drug-likeness (QED) is 0.541. The Bertz CT molecular complexity index is 1040. The van der Waals surface area contributed by atoms with Gasteiger partial charge in [-0.3, -0.25) is 9.59 Å². The predicted octanol–water partition coefficient (Wildman–Crippen LogP) is 3.93. The van der Waals surface area contributed by atoms with Gasteiger partial charge in [0, 0.05) is 42.8 Å². The first-order chi connectivity index (χ1) is 15.1. The number of thiazole rings is 1. The van der Waals surface area contributed by atoms with Crippen LogP contribution >= 0.6 is 11.3 Å². The van der Waals surface area contributed by atoms with Crippen molar-refractivity contribution in [3.8, 4) is 0 Å². The standard InChI is InChI=1S/C22H23N5O3S/c1-15(28)24-16-2-4-17(5-3-16)25-21(29)20-14-23-22(31-20)26-18-6-8-19(9-7-18)27-10-12-30-13-11-27/h2-9,14H,10-13H2,1H3,(H,23,26)(H,24,28)(H,25,29). The molecule has 0 saturated carbocycles. The zero-order valence-electron chi connectivity index (χ0n) is 17.1. The van der Waals surface area contributed by atoms with Gasteiger partial charge in [0.1, 0.15) is 4.88 Å². The lowest BCUT2D eigenvalue weighted by Gasteiger charge is -2.28. The van der Waals surface area contributed by atoms with Crippen molar-refractivity contribution in [1.29, 1.82) is 0 Å². The molecule has 160 valence electrons. The van der Waals surface area contributed by atoms with Crippen LogP contribution in [0, 0.1) is 0 Å². The molecule has 0 bridgehead atoms. The largest absolute Gasteiger partial charge is 0.378 e. The van der Waals surface area contributed by atoms with Gasteiger partial charge >= 0.3 is 0 Å². The Labute approximate surface area is 184 Å². The van der Waals surface area contributed by atoms with Crippen LogP contribution < -0.4 is 20.9 Å². The molecule has 8 nitrogen and oxygen atoms in total. The van der Waals surface area contributed by atoms with Gasteiger partial charge in [-0.15, -0.1) is 0 Å². The summed E-state index contributed by atoms with van der Waals surface area (Å²) >= 11 is 1.28. The zero-order chi connectivity index (χ0) is 21.6. The minimum absolute atomic E-state index is 0.141. The number of benzene rings is 2. The Balaban J connectivity index is 1.34. The number of anilines is 5. The molecule has 1 aliphatic rings. The van der Waals surface area contributed by atoms with E-state index in [0.717, 1.165) is 37.7 Å². The van der Waals surface area contributed by atoms with Crippen LogP contribution in [0.1, 0.15) is 16.6 Å². The highest BCUT2D eigenvalue weighted by molar-refractivity contribution is 7.17. The van der Waals surface area contributed by atoms with E-state index in [2.05, 4.69) is 38.0 Å². The molecule has 1 aromatic heterocycles. The maximum atomic E-state index is 12.5. The van der Waals surface area contributed by atoms with Crippen molar-refractivity contribution < 1.29 is 14.3 Å². The topological polar surface area (TPSA) is 95.6 Å². The summed E-state index contributed by atoms with van der Waals surface area (Å²) < 4.78 is 5.39. The normalized spacial score (nSPS) is 13.5. The molecule has 0 radical (unpaired) electrons. The average molecular weight is 438 g/mol. The van der Waals surface area contributed by atoms with Crippen LogP contribution in [-0.4, -0.2) is 43.1 Å². The molecular weight excluding hydrogens is 414 g/mol. The lowest BCUT2D eigenvalue weighted by Crippen LogP contribution is -2.36. The molecule has 0 unspecified atom stereocenters. The van der Waals surface area contributed by atoms with Crippen molar-refractivity contribution in [1.82, 2.24) is 4.98 Å². The number of nitrogens with one attached hydrogen (secondary N) is 3. The van der Waals surface area contributed by atoms with Crippen LogP contribution in [0.15, 0.2) is 54.7 Å². The lowest BCUT2D eigenvalue weighted by molar-refractivity contribution is -0.114. The highest BCUT2D eigenvalue weighted by Crippen LogP contribution is 2.26. The Morgan fingerprint density at radius 2 is 1.55 bits per heavy atom. The van der Waals surface area contributed by atoms with E-state index in [1.54, 1.807) is 30.5 Å². The minimum Gasteiger partial charge on any atom is -0.378 e. The third-order valence-electron chi connectivity index (χ3n) is 4.69. The van der Waals surface area contributed by atoms with E-state index in [4.69, 9.17) is 4.74 Å². The first-order valence-electron chi connectivity index (χ1n) is 9.91. The van der Waals surface area contributed by atoms with Crippen LogP contribution in [0.3, 0.4) is 0 Å². The second-order valence-corrected chi connectivity index (χ2v) is 8.04. The molecule has 2 amide bonds. The van der Waals surface area contributed by atoms with Gasteiger partial charge in [0.15, 0.2) is 5.13 Å². The summed E-state index contributed by atoms with van der Waals surface area (Å²) in [5, 5.41) is 9.41. The van der Waals surface area contributed by atoms with E-state index in [1.807, 2.05) is 12.1 Å². The molecule has 31 heavy (non-hydrogen) atoms. The number of carbonyl (C=O) groups is 2. The maximum Gasteiger partial charge on any atom is 0.267 e. The molecular formula is C22H23N5O3S. The number of aromatic nitrogens is 1. The molecule has 2 heterocycles. The van der Waals surface area contributed by atoms with Crippen LogP contribution in [0.2, 0.25) is 0 Å². The molecule has 0 aliphatic carbocycles. The number of nitrogens with zero attached hydrogens (tertiary/aromatic N) is 2. The highest BCUT2D eigenvalue weighted by Gasteiger charge is 2.13. The summed E-state index contributed by atoms with van der Waals surface area (Å²) in [5.74, 6) is -0.377.